The summed E-state index contributed by atoms with van der Waals surface area (Å²) in [5.74, 6) is 0.985. The Morgan fingerprint density at radius 1 is 1.21 bits per heavy atom. The Bertz CT molecular complexity index is 1470. The molecule has 0 spiro atoms. The Balaban J connectivity index is 1.57. The summed E-state index contributed by atoms with van der Waals surface area (Å²) in [5.41, 5.74) is 1.99. The van der Waals surface area contributed by atoms with Crippen LogP contribution in [0.3, 0.4) is 0 Å². The van der Waals surface area contributed by atoms with Crippen LogP contribution in [0.2, 0.25) is 10.0 Å². The number of fused-ring (bicyclic) bond motifs is 1. The second-order valence-electron chi connectivity index (χ2n) is 8.80. The Morgan fingerprint density at radius 2 is 1.89 bits per heavy atom. The predicted octanol–water partition coefficient (Wildman–Crippen LogP) is 3.74. The average molecular weight is 580 g/mol. The van der Waals surface area contributed by atoms with Crippen LogP contribution in [0.25, 0.3) is 22.0 Å². The van der Waals surface area contributed by atoms with Gasteiger partial charge in [0.15, 0.2) is 0 Å². The number of likely N-dealkylation sites (tertiary alicyclic amines) is 1. The summed E-state index contributed by atoms with van der Waals surface area (Å²) >= 11 is 13.1. The quantitative estimate of drug-likeness (QED) is 0.367. The minimum Gasteiger partial charge on any atom is -0.495 e. The van der Waals surface area contributed by atoms with Crippen LogP contribution in [0.4, 0.5) is 5.95 Å². The number of aromatic nitrogens is 2. The number of hydrogen-bond acceptors (Lipinski definition) is 8. The summed E-state index contributed by atoms with van der Waals surface area (Å²) in [7, 11) is -0.362. The Hall–Kier alpha value is -3.12. The number of benzene rings is 2. The van der Waals surface area contributed by atoms with Gasteiger partial charge in [0.2, 0.25) is 21.9 Å². The fourth-order valence-electron chi connectivity index (χ4n) is 4.43. The highest BCUT2D eigenvalue weighted by molar-refractivity contribution is 7.88. The van der Waals surface area contributed by atoms with E-state index in [0.717, 1.165) is 17.2 Å². The van der Waals surface area contributed by atoms with Crippen molar-refractivity contribution in [1.82, 2.24) is 19.6 Å². The van der Waals surface area contributed by atoms with Gasteiger partial charge in [-0.2, -0.15) is 0 Å². The van der Waals surface area contributed by atoms with E-state index in [1.807, 2.05) is 18.2 Å². The van der Waals surface area contributed by atoms with Gasteiger partial charge in [0.25, 0.3) is 0 Å². The van der Waals surface area contributed by atoms with Gasteiger partial charge in [0, 0.05) is 48.4 Å². The number of carbonyl (C=O) groups excluding carboxylic acids is 1. The molecule has 2 N–H and O–H groups in total. The third kappa shape index (κ3) is 5.96. The Labute approximate surface area is 231 Å². The number of hydrogen-bond donors (Lipinski definition) is 2. The molecule has 0 saturated carbocycles. The molecule has 3 aromatic rings. The summed E-state index contributed by atoms with van der Waals surface area (Å²) in [6.07, 6.45) is 4.49. The fraction of sp³-hybridized carbons (Fsp3) is 0.320. The molecule has 10 nitrogen and oxygen atoms in total. The van der Waals surface area contributed by atoms with Crippen LogP contribution in [0, 0.1) is 0 Å². The number of amides is 1. The van der Waals surface area contributed by atoms with Crippen molar-refractivity contribution in [2.75, 3.05) is 38.9 Å². The van der Waals surface area contributed by atoms with E-state index in [2.05, 4.69) is 26.6 Å². The van der Waals surface area contributed by atoms with Crippen molar-refractivity contribution >= 4 is 56.0 Å². The topological polar surface area (TPSA) is 123 Å². The van der Waals surface area contributed by atoms with Gasteiger partial charge in [0.1, 0.15) is 11.5 Å². The highest BCUT2D eigenvalue weighted by Crippen LogP contribution is 2.46. The van der Waals surface area contributed by atoms with Gasteiger partial charge in [0.05, 0.1) is 36.0 Å². The maximum absolute atomic E-state index is 12.3. The number of methoxy groups -OCH3 is 2. The minimum absolute atomic E-state index is 0.109. The van der Waals surface area contributed by atoms with Crippen molar-refractivity contribution in [3.63, 3.8) is 0 Å². The predicted molar refractivity (Wildman–Crippen MR) is 149 cm³/mol. The molecule has 1 fully saturated rings. The van der Waals surface area contributed by atoms with Crippen LogP contribution >= 0.6 is 23.2 Å². The lowest BCUT2D eigenvalue weighted by Crippen LogP contribution is -2.42. The molecule has 0 aliphatic carbocycles. The lowest BCUT2D eigenvalue weighted by atomic mass is 10.0. The SMILES string of the molecule is C=CC(=O)N1C[C@@H](Nc2ncc3cc(-c4c(Cl)c(OC)cc(OC)c4Cl)ccc3n2)C[C@H]1CNS(C)(=O)=O. The lowest BCUT2D eigenvalue weighted by Gasteiger charge is -2.22. The number of anilines is 1. The molecular formula is C25H27Cl2N5O5S. The molecule has 2 atom stereocenters. The summed E-state index contributed by atoms with van der Waals surface area (Å²) < 4.78 is 36.3. The molecule has 1 aromatic heterocycles. The van der Waals surface area contributed by atoms with Crippen molar-refractivity contribution in [3.8, 4) is 22.6 Å². The number of sulfonamides is 1. The average Bonchev–Trinajstić information content (AvgIpc) is 3.29. The zero-order valence-corrected chi connectivity index (χ0v) is 23.3. The number of halogens is 2. The Morgan fingerprint density at radius 3 is 2.50 bits per heavy atom. The highest BCUT2D eigenvalue weighted by atomic mass is 35.5. The van der Waals surface area contributed by atoms with Crippen LogP contribution in [-0.2, 0) is 14.8 Å². The first kappa shape index (κ1) is 27.9. The van der Waals surface area contributed by atoms with Crippen LogP contribution in [0.1, 0.15) is 6.42 Å². The van der Waals surface area contributed by atoms with Crippen molar-refractivity contribution < 1.29 is 22.7 Å². The van der Waals surface area contributed by atoms with Gasteiger partial charge in [-0.15, -0.1) is 0 Å². The standard InChI is InChI=1S/C25H27Cl2N5O5S/c1-5-21(33)32-13-16(9-17(32)12-29-38(4,34)35)30-25-28-11-15-8-14(6-7-18(15)31-25)22-23(26)19(36-2)10-20(37-3)24(22)27/h5-8,10-11,16-17,29H,1,9,12-13H2,2-4H3,(H,28,30,31)/t16-,17-/m0/s1. The van der Waals surface area contributed by atoms with Crippen LogP contribution < -0.4 is 19.5 Å². The van der Waals surface area contributed by atoms with Crippen LogP contribution in [0.5, 0.6) is 11.5 Å². The molecule has 2 heterocycles. The first-order valence-electron chi connectivity index (χ1n) is 11.6. The van der Waals surface area contributed by atoms with Crippen LogP contribution in [0.15, 0.2) is 43.1 Å². The normalized spacial score (nSPS) is 17.4. The van der Waals surface area contributed by atoms with Crippen LogP contribution in [-0.4, -0.2) is 74.8 Å². The third-order valence-electron chi connectivity index (χ3n) is 6.23. The zero-order chi connectivity index (χ0) is 27.6. The van der Waals surface area contributed by atoms with Gasteiger partial charge in [-0.05, 0) is 30.2 Å². The summed E-state index contributed by atoms with van der Waals surface area (Å²) in [6, 6.07) is 6.67. The monoisotopic (exact) mass is 579 g/mol. The number of ether oxygens (including phenoxy) is 2. The molecule has 13 heteroatoms. The molecule has 38 heavy (non-hydrogen) atoms. The van der Waals surface area contributed by atoms with Gasteiger partial charge >= 0.3 is 0 Å². The van der Waals surface area contributed by atoms with E-state index in [9.17, 15) is 13.2 Å². The second-order valence-corrected chi connectivity index (χ2v) is 11.4. The molecule has 4 rings (SSSR count). The largest absolute Gasteiger partial charge is 0.495 e. The number of nitrogens with zero attached hydrogens (tertiary/aromatic N) is 3. The molecule has 1 saturated heterocycles. The fourth-order valence-corrected chi connectivity index (χ4v) is 5.64. The van der Waals surface area contributed by atoms with Crippen molar-refractivity contribution in [1.29, 1.82) is 0 Å². The van der Waals surface area contributed by atoms with E-state index < -0.39 is 10.0 Å². The van der Waals surface area contributed by atoms with Crippen molar-refractivity contribution in [2.24, 2.45) is 0 Å². The second kappa shape index (κ2) is 11.3. The van der Waals surface area contributed by atoms with E-state index in [0.29, 0.717) is 51.5 Å². The summed E-state index contributed by atoms with van der Waals surface area (Å²) in [5, 5.41) is 4.73. The van der Waals surface area contributed by atoms with Gasteiger partial charge in [-0.3, -0.25) is 4.79 Å². The lowest BCUT2D eigenvalue weighted by molar-refractivity contribution is -0.126. The van der Waals surface area contributed by atoms with Crippen molar-refractivity contribution in [3.05, 3.63) is 53.2 Å². The van der Waals surface area contributed by atoms with Gasteiger partial charge in [-0.1, -0.05) is 35.8 Å². The highest BCUT2D eigenvalue weighted by Gasteiger charge is 2.35. The maximum atomic E-state index is 12.3. The molecule has 202 valence electrons. The van der Waals surface area contributed by atoms with E-state index in [-0.39, 0.29) is 24.5 Å². The summed E-state index contributed by atoms with van der Waals surface area (Å²) in [6.45, 7) is 4.01. The molecule has 1 aliphatic rings. The smallest absolute Gasteiger partial charge is 0.246 e. The minimum atomic E-state index is -3.39. The molecular weight excluding hydrogens is 553 g/mol. The van der Waals surface area contributed by atoms with Gasteiger partial charge < -0.3 is 19.7 Å². The van der Waals surface area contributed by atoms with E-state index in [1.165, 1.54) is 20.3 Å². The van der Waals surface area contributed by atoms with Gasteiger partial charge in [-0.25, -0.2) is 23.1 Å². The number of carbonyl (C=O) groups is 1. The van der Waals surface area contributed by atoms with E-state index in [4.69, 9.17) is 32.7 Å². The first-order valence-corrected chi connectivity index (χ1v) is 14.2. The molecule has 0 unspecified atom stereocenters. The maximum Gasteiger partial charge on any atom is 0.246 e. The first-order chi connectivity index (χ1) is 18.0. The molecule has 0 radical (unpaired) electrons. The molecule has 2 aromatic carbocycles. The third-order valence-corrected chi connectivity index (χ3v) is 7.67. The van der Waals surface area contributed by atoms with E-state index >= 15 is 0 Å². The summed E-state index contributed by atoms with van der Waals surface area (Å²) in [4.78, 5) is 23.0. The zero-order valence-electron chi connectivity index (χ0n) is 21.0. The number of nitrogens with one attached hydrogen (secondary N) is 2. The number of rotatable bonds is 9. The molecule has 1 amide bonds. The Kier molecular flexibility index (Phi) is 8.31. The van der Waals surface area contributed by atoms with E-state index in [1.54, 1.807) is 17.2 Å². The molecule has 0 bridgehead atoms. The van der Waals surface area contributed by atoms with Crippen molar-refractivity contribution in [2.45, 2.75) is 18.5 Å². The molecule has 1 aliphatic heterocycles.